The molecule has 0 unspecified atom stereocenters. The Morgan fingerprint density at radius 2 is 2.06 bits per heavy atom. The number of carbonyl (C=O) groups is 1. The molecule has 0 aliphatic rings. The van der Waals surface area contributed by atoms with Crippen LogP contribution < -0.4 is 4.74 Å². The summed E-state index contributed by atoms with van der Waals surface area (Å²) in [6, 6.07) is 1.86. The third-order valence-corrected chi connectivity index (χ3v) is 2.66. The number of rotatable bonds is 4. The van der Waals surface area contributed by atoms with E-state index in [1.165, 1.54) is 7.11 Å². The SMILES string of the molecule is COc1c(CCC(=O)O)cc(C)c(C)c1O. The molecule has 0 aliphatic carbocycles. The highest BCUT2D eigenvalue weighted by Gasteiger charge is 2.14. The van der Waals surface area contributed by atoms with Crippen molar-refractivity contribution in [1.29, 1.82) is 0 Å². The molecular weight excluding hydrogens is 208 g/mol. The largest absolute Gasteiger partial charge is 0.504 e. The fraction of sp³-hybridized carbons (Fsp3) is 0.417. The van der Waals surface area contributed by atoms with Gasteiger partial charge in [0.25, 0.3) is 0 Å². The van der Waals surface area contributed by atoms with Gasteiger partial charge in [-0.1, -0.05) is 6.07 Å². The molecule has 0 aliphatic heterocycles. The summed E-state index contributed by atoms with van der Waals surface area (Å²) in [6.45, 7) is 3.67. The summed E-state index contributed by atoms with van der Waals surface area (Å²) in [5, 5.41) is 18.5. The second kappa shape index (κ2) is 4.88. The maximum Gasteiger partial charge on any atom is 0.303 e. The van der Waals surface area contributed by atoms with Gasteiger partial charge in [0.05, 0.1) is 7.11 Å². The number of phenolic OH excluding ortho intramolecular Hbond substituents is 1. The van der Waals surface area contributed by atoms with Crippen molar-refractivity contribution in [2.75, 3.05) is 7.11 Å². The molecule has 0 saturated carbocycles. The van der Waals surface area contributed by atoms with Crippen LogP contribution in [0, 0.1) is 13.8 Å². The third kappa shape index (κ3) is 2.45. The molecule has 0 atom stereocenters. The number of aliphatic carboxylic acids is 1. The number of phenols is 1. The number of aromatic hydroxyl groups is 1. The maximum absolute atomic E-state index is 10.5. The molecular formula is C12H16O4. The molecule has 0 spiro atoms. The zero-order chi connectivity index (χ0) is 12.3. The first-order valence-corrected chi connectivity index (χ1v) is 5.05. The number of methoxy groups -OCH3 is 1. The Morgan fingerprint density at radius 1 is 1.44 bits per heavy atom. The highest BCUT2D eigenvalue weighted by atomic mass is 16.5. The van der Waals surface area contributed by atoms with E-state index in [1.54, 1.807) is 6.92 Å². The van der Waals surface area contributed by atoms with E-state index in [-0.39, 0.29) is 12.2 Å². The molecule has 4 heteroatoms. The highest BCUT2D eigenvalue weighted by Crippen LogP contribution is 2.36. The van der Waals surface area contributed by atoms with Gasteiger partial charge in [0.2, 0.25) is 0 Å². The minimum Gasteiger partial charge on any atom is -0.504 e. The first-order chi connectivity index (χ1) is 7.47. The number of hydrogen-bond donors (Lipinski definition) is 2. The topological polar surface area (TPSA) is 66.8 Å². The quantitative estimate of drug-likeness (QED) is 0.821. The lowest BCUT2D eigenvalue weighted by atomic mass is 10.0. The van der Waals surface area contributed by atoms with E-state index in [2.05, 4.69) is 0 Å². The van der Waals surface area contributed by atoms with Crippen molar-refractivity contribution in [1.82, 2.24) is 0 Å². The van der Waals surface area contributed by atoms with Gasteiger partial charge in [-0.3, -0.25) is 4.79 Å². The Bertz CT molecular complexity index is 410. The van der Waals surface area contributed by atoms with Crippen molar-refractivity contribution in [3.05, 3.63) is 22.8 Å². The van der Waals surface area contributed by atoms with E-state index in [9.17, 15) is 9.90 Å². The summed E-state index contributed by atoms with van der Waals surface area (Å²) in [5.74, 6) is -0.382. The lowest BCUT2D eigenvalue weighted by Crippen LogP contribution is -2.01. The molecule has 0 fully saturated rings. The predicted molar refractivity (Wildman–Crippen MR) is 60.1 cm³/mol. The fourth-order valence-electron chi connectivity index (χ4n) is 1.60. The van der Waals surface area contributed by atoms with Crippen LogP contribution in [0.4, 0.5) is 0 Å². The molecule has 0 heterocycles. The van der Waals surface area contributed by atoms with Crippen molar-refractivity contribution >= 4 is 5.97 Å². The van der Waals surface area contributed by atoms with Crippen LogP contribution in [-0.2, 0) is 11.2 Å². The second-order valence-electron chi connectivity index (χ2n) is 3.75. The normalized spacial score (nSPS) is 10.2. The van der Waals surface area contributed by atoms with Gasteiger partial charge in [-0.05, 0) is 37.0 Å². The molecule has 0 aromatic heterocycles. The molecule has 1 aromatic rings. The summed E-state index contributed by atoms with van der Waals surface area (Å²) in [4.78, 5) is 10.5. The van der Waals surface area contributed by atoms with E-state index in [0.717, 1.165) is 16.7 Å². The van der Waals surface area contributed by atoms with Crippen LogP contribution in [0.3, 0.4) is 0 Å². The number of carboxylic acids is 1. The predicted octanol–water partition coefficient (Wildman–Crippen LogP) is 2.03. The minimum absolute atomic E-state index is 0.0261. The number of ether oxygens (including phenoxy) is 1. The number of carboxylic acid groups (broad SMARTS) is 1. The molecule has 0 radical (unpaired) electrons. The Morgan fingerprint density at radius 3 is 2.56 bits per heavy atom. The zero-order valence-corrected chi connectivity index (χ0v) is 9.70. The standard InChI is InChI=1S/C12H16O4/c1-7-6-9(4-5-10(13)14)12(16-3)11(15)8(7)2/h6,15H,4-5H2,1-3H3,(H,13,14). The molecule has 88 valence electrons. The minimum atomic E-state index is -0.861. The van der Waals surface area contributed by atoms with Crippen molar-refractivity contribution in [2.24, 2.45) is 0 Å². The first-order valence-electron chi connectivity index (χ1n) is 5.05. The van der Waals surface area contributed by atoms with E-state index < -0.39 is 5.97 Å². The van der Waals surface area contributed by atoms with E-state index in [4.69, 9.17) is 9.84 Å². The van der Waals surface area contributed by atoms with E-state index in [0.29, 0.717) is 12.2 Å². The van der Waals surface area contributed by atoms with Crippen molar-refractivity contribution in [2.45, 2.75) is 26.7 Å². The molecule has 4 nitrogen and oxygen atoms in total. The summed E-state index contributed by atoms with van der Waals surface area (Å²) in [6.07, 6.45) is 0.380. The smallest absolute Gasteiger partial charge is 0.303 e. The molecule has 0 saturated heterocycles. The fourth-order valence-corrected chi connectivity index (χ4v) is 1.60. The molecule has 1 aromatic carbocycles. The highest BCUT2D eigenvalue weighted by molar-refractivity contribution is 5.67. The maximum atomic E-state index is 10.5. The summed E-state index contributed by atoms with van der Waals surface area (Å²) >= 11 is 0. The summed E-state index contributed by atoms with van der Waals surface area (Å²) < 4.78 is 5.10. The van der Waals surface area contributed by atoms with E-state index in [1.807, 2.05) is 13.0 Å². The van der Waals surface area contributed by atoms with Crippen LogP contribution in [0.25, 0.3) is 0 Å². The second-order valence-corrected chi connectivity index (χ2v) is 3.75. The van der Waals surface area contributed by atoms with Crippen LogP contribution in [0.1, 0.15) is 23.1 Å². The van der Waals surface area contributed by atoms with Gasteiger partial charge in [0.15, 0.2) is 11.5 Å². The van der Waals surface area contributed by atoms with Gasteiger partial charge in [0, 0.05) is 6.42 Å². The average molecular weight is 224 g/mol. The van der Waals surface area contributed by atoms with Crippen LogP contribution in [0.5, 0.6) is 11.5 Å². The number of aryl methyl sites for hydroxylation is 2. The summed E-state index contributed by atoms with van der Waals surface area (Å²) in [7, 11) is 1.47. The molecule has 0 bridgehead atoms. The Labute approximate surface area is 94.5 Å². The first kappa shape index (κ1) is 12.4. The van der Waals surface area contributed by atoms with Crippen LogP contribution in [-0.4, -0.2) is 23.3 Å². The number of benzene rings is 1. The lowest BCUT2D eigenvalue weighted by Gasteiger charge is -2.13. The van der Waals surface area contributed by atoms with Crippen LogP contribution in [0.15, 0.2) is 6.07 Å². The average Bonchev–Trinajstić information content (AvgIpc) is 2.23. The molecule has 1 rings (SSSR count). The molecule has 0 amide bonds. The Kier molecular flexibility index (Phi) is 3.77. The van der Waals surface area contributed by atoms with Crippen molar-refractivity contribution in [3.8, 4) is 11.5 Å². The zero-order valence-electron chi connectivity index (χ0n) is 9.70. The van der Waals surface area contributed by atoms with Crippen LogP contribution in [0.2, 0.25) is 0 Å². The van der Waals surface area contributed by atoms with Gasteiger partial charge in [0.1, 0.15) is 0 Å². The van der Waals surface area contributed by atoms with Crippen molar-refractivity contribution < 1.29 is 19.7 Å². The third-order valence-electron chi connectivity index (χ3n) is 2.66. The lowest BCUT2D eigenvalue weighted by molar-refractivity contribution is -0.136. The van der Waals surface area contributed by atoms with Gasteiger partial charge in [-0.2, -0.15) is 0 Å². The Balaban J connectivity index is 3.12. The van der Waals surface area contributed by atoms with Gasteiger partial charge in [-0.25, -0.2) is 0 Å². The Hall–Kier alpha value is -1.71. The van der Waals surface area contributed by atoms with Gasteiger partial charge in [-0.15, -0.1) is 0 Å². The van der Waals surface area contributed by atoms with Crippen molar-refractivity contribution in [3.63, 3.8) is 0 Å². The summed E-state index contributed by atoms with van der Waals surface area (Å²) in [5.41, 5.74) is 2.42. The molecule has 2 N–H and O–H groups in total. The monoisotopic (exact) mass is 224 g/mol. The molecule has 16 heavy (non-hydrogen) atoms. The van der Waals surface area contributed by atoms with E-state index >= 15 is 0 Å². The van der Waals surface area contributed by atoms with Gasteiger partial charge < -0.3 is 14.9 Å². The van der Waals surface area contributed by atoms with Gasteiger partial charge >= 0.3 is 5.97 Å². The number of hydrogen-bond acceptors (Lipinski definition) is 3. The van der Waals surface area contributed by atoms with Crippen LogP contribution >= 0.6 is 0 Å².